The van der Waals surface area contributed by atoms with Crippen LogP contribution in [-0.2, 0) is 6.42 Å². The number of β-amino-alcohol motifs (C(OH)–C–C–N with tert-alkyl or cyclic N) is 1. The zero-order valence-electron chi connectivity index (χ0n) is 9.56. The molecule has 2 aliphatic rings. The molecule has 88 valence electrons. The van der Waals surface area contributed by atoms with Gasteiger partial charge in [-0.25, -0.2) is 0 Å². The number of thiophene rings is 1. The Bertz CT molecular complexity index is 347. The first kappa shape index (κ1) is 10.8. The van der Waals surface area contributed by atoms with Gasteiger partial charge >= 0.3 is 0 Å². The molecule has 2 fully saturated rings. The third kappa shape index (κ3) is 2.31. The van der Waals surface area contributed by atoms with Crippen LogP contribution in [0.4, 0.5) is 0 Å². The van der Waals surface area contributed by atoms with Crippen LogP contribution in [0.25, 0.3) is 0 Å². The lowest BCUT2D eigenvalue weighted by Gasteiger charge is -2.23. The van der Waals surface area contributed by atoms with Gasteiger partial charge in [-0.3, -0.25) is 4.90 Å². The molecule has 3 rings (SSSR count). The first-order valence-corrected chi connectivity index (χ1v) is 7.17. The second-order valence-corrected chi connectivity index (χ2v) is 6.09. The Hall–Kier alpha value is -0.380. The molecule has 3 heteroatoms. The summed E-state index contributed by atoms with van der Waals surface area (Å²) in [5, 5.41) is 14.8. The van der Waals surface area contributed by atoms with Crippen LogP contribution < -0.4 is 0 Å². The number of aliphatic hydroxyl groups is 1. The van der Waals surface area contributed by atoms with Gasteiger partial charge in [-0.1, -0.05) is 0 Å². The normalized spacial score (nSPS) is 31.1. The van der Waals surface area contributed by atoms with Gasteiger partial charge in [0.05, 0.1) is 5.60 Å². The van der Waals surface area contributed by atoms with Crippen LogP contribution in [0.2, 0.25) is 0 Å². The van der Waals surface area contributed by atoms with E-state index in [1.165, 1.54) is 18.4 Å². The van der Waals surface area contributed by atoms with Crippen molar-refractivity contribution in [2.45, 2.75) is 43.7 Å². The molecular weight excluding hydrogens is 218 g/mol. The number of likely N-dealkylation sites (tertiary alicyclic amines) is 1. The van der Waals surface area contributed by atoms with Crippen LogP contribution in [0.1, 0.15) is 31.2 Å². The lowest BCUT2D eigenvalue weighted by molar-refractivity contribution is 0.0400. The summed E-state index contributed by atoms with van der Waals surface area (Å²) in [7, 11) is 0. The Morgan fingerprint density at radius 2 is 2.38 bits per heavy atom. The second-order valence-electron chi connectivity index (χ2n) is 5.31. The quantitative estimate of drug-likeness (QED) is 0.868. The Morgan fingerprint density at radius 1 is 1.50 bits per heavy atom. The number of hydrogen-bond donors (Lipinski definition) is 1. The van der Waals surface area contributed by atoms with Gasteiger partial charge in [-0.2, -0.15) is 11.3 Å². The van der Waals surface area contributed by atoms with Crippen molar-refractivity contribution in [2.75, 3.05) is 13.1 Å². The van der Waals surface area contributed by atoms with E-state index in [-0.39, 0.29) is 0 Å². The standard InChI is InChI=1S/C13H19NOS/c15-13(5-3-11-4-8-16-9-11)6-7-14(10-13)12-1-2-12/h4,8-9,12,15H,1-3,5-7,10H2. The monoisotopic (exact) mass is 237 g/mol. The second kappa shape index (κ2) is 4.13. The minimum absolute atomic E-state index is 0.412. The van der Waals surface area contributed by atoms with Crippen molar-refractivity contribution in [1.29, 1.82) is 0 Å². The highest BCUT2D eigenvalue weighted by molar-refractivity contribution is 7.07. The van der Waals surface area contributed by atoms with Gasteiger partial charge in [0.25, 0.3) is 0 Å². The van der Waals surface area contributed by atoms with Crippen LogP contribution in [0, 0.1) is 0 Å². The fourth-order valence-corrected chi connectivity index (χ4v) is 3.36. The van der Waals surface area contributed by atoms with Crippen LogP contribution in [0.15, 0.2) is 16.8 Å². The summed E-state index contributed by atoms with van der Waals surface area (Å²) < 4.78 is 0. The third-order valence-electron chi connectivity index (χ3n) is 3.88. The van der Waals surface area contributed by atoms with Crippen molar-refractivity contribution in [3.63, 3.8) is 0 Å². The van der Waals surface area contributed by atoms with Gasteiger partial charge in [0.1, 0.15) is 0 Å². The van der Waals surface area contributed by atoms with E-state index < -0.39 is 5.60 Å². The Labute approximate surface area is 101 Å². The molecule has 1 aliphatic heterocycles. The van der Waals surface area contributed by atoms with E-state index in [9.17, 15) is 5.11 Å². The highest BCUT2D eigenvalue weighted by Gasteiger charge is 2.41. The molecule has 0 bridgehead atoms. The van der Waals surface area contributed by atoms with E-state index in [4.69, 9.17) is 0 Å². The molecule has 1 N–H and O–H groups in total. The SMILES string of the molecule is OC1(CCc2ccsc2)CCN(C2CC2)C1. The van der Waals surface area contributed by atoms with Crippen LogP contribution in [0.3, 0.4) is 0 Å². The summed E-state index contributed by atoms with van der Waals surface area (Å²) in [6.45, 7) is 2.01. The predicted molar refractivity (Wildman–Crippen MR) is 66.8 cm³/mol. The fourth-order valence-electron chi connectivity index (χ4n) is 2.66. The molecule has 1 atom stereocenters. The van der Waals surface area contributed by atoms with Gasteiger partial charge in [0.2, 0.25) is 0 Å². The molecule has 2 nitrogen and oxygen atoms in total. The van der Waals surface area contributed by atoms with Crippen LogP contribution in [-0.4, -0.2) is 34.7 Å². The maximum Gasteiger partial charge on any atom is 0.0789 e. The summed E-state index contributed by atoms with van der Waals surface area (Å²) in [5.41, 5.74) is 0.966. The van der Waals surface area contributed by atoms with Gasteiger partial charge in [-0.05, 0) is 54.5 Å². The van der Waals surface area contributed by atoms with E-state index >= 15 is 0 Å². The van der Waals surface area contributed by atoms with Crippen molar-refractivity contribution >= 4 is 11.3 Å². The maximum atomic E-state index is 10.5. The van der Waals surface area contributed by atoms with Crippen LogP contribution in [0.5, 0.6) is 0 Å². The van der Waals surface area contributed by atoms with E-state index in [2.05, 4.69) is 21.7 Å². The minimum Gasteiger partial charge on any atom is -0.388 e. The summed E-state index contributed by atoms with van der Waals surface area (Å²) in [6, 6.07) is 2.97. The van der Waals surface area contributed by atoms with Gasteiger partial charge in [0.15, 0.2) is 0 Å². The average Bonchev–Trinajstić information content (AvgIpc) is 2.86. The van der Waals surface area contributed by atoms with E-state index in [0.717, 1.165) is 38.4 Å². The average molecular weight is 237 g/mol. The number of aryl methyl sites for hydroxylation is 1. The summed E-state index contributed by atoms with van der Waals surface area (Å²) in [6.07, 6.45) is 5.61. The molecule has 1 saturated heterocycles. The summed E-state index contributed by atoms with van der Waals surface area (Å²) in [5.74, 6) is 0. The maximum absolute atomic E-state index is 10.5. The molecule has 0 amide bonds. The fraction of sp³-hybridized carbons (Fsp3) is 0.692. The van der Waals surface area contributed by atoms with Crippen molar-refractivity contribution in [3.8, 4) is 0 Å². The first-order chi connectivity index (χ1) is 7.75. The van der Waals surface area contributed by atoms with Crippen molar-refractivity contribution in [2.24, 2.45) is 0 Å². The molecule has 1 unspecified atom stereocenters. The number of hydrogen-bond acceptors (Lipinski definition) is 3. The van der Waals surface area contributed by atoms with Gasteiger partial charge in [0, 0.05) is 19.1 Å². The first-order valence-electron chi connectivity index (χ1n) is 6.23. The highest BCUT2D eigenvalue weighted by atomic mass is 32.1. The Morgan fingerprint density at radius 3 is 3.06 bits per heavy atom. The Kier molecular flexibility index (Phi) is 2.78. The van der Waals surface area contributed by atoms with E-state index in [1.807, 2.05) is 0 Å². The van der Waals surface area contributed by atoms with Crippen molar-refractivity contribution < 1.29 is 5.11 Å². The molecule has 1 saturated carbocycles. The molecular formula is C13H19NOS. The third-order valence-corrected chi connectivity index (χ3v) is 4.62. The number of nitrogens with zero attached hydrogens (tertiary/aromatic N) is 1. The van der Waals surface area contributed by atoms with Crippen molar-refractivity contribution in [1.82, 2.24) is 4.90 Å². The smallest absolute Gasteiger partial charge is 0.0789 e. The van der Waals surface area contributed by atoms with Gasteiger partial charge < -0.3 is 5.11 Å². The molecule has 0 radical (unpaired) electrons. The zero-order chi connectivity index (χ0) is 11.0. The molecule has 2 heterocycles. The molecule has 16 heavy (non-hydrogen) atoms. The molecule has 0 aromatic carbocycles. The van der Waals surface area contributed by atoms with Crippen LogP contribution >= 0.6 is 11.3 Å². The largest absolute Gasteiger partial charge is 0.388 e. The predicted octanol–water partition coefficient (Wildman–Crippen LogP) is 2.28. The number of rotatable bonds is 4. The lowest BCUT2D eigenvalue weighted by Crippen LogP contribution is -2.34. The summed E-state index contributed by atoms with van der Waals surface area (Å²) >= 11 is 1.74. The minimum atomic E-state index is -0.412. The lowest BCUT2D eigenvalue weighted by atomic mass is 9.95. The summed E-state index contributed by atoms with van der Waals surface area (Å²) in [4.78, 5) is 2.48. The topological polar surface area (TPSA) is 23.5 Å². The molecule has 0 spiro atoms. The van der Waals surface area contributed by atoms with Crippen molar-refractivity contribution in [3.05, 3.63) is 22.4 Å². The van der Waals surface area contributed by atoms with Gasteiger partial charge in [-0.15, -0.1) is 0 Å². The molecule has 1 aromatic heterocycles. The molecule has 1 aliphatic carbocycles. The molecule has 1 aromatic rings. The zero-order valence-corrected chi connectivity index (χ0v) is 10.4. The van der Waals surface area contributed by atoms with E-state index in [0.29, 0.717) is 0 Å². The Balaban J connectivity index is 1.53. The highest BCUT2D eigenvalue weighted by Crippen LogP contribution is 2.35. The van der Waals surface area contributed by atoms with E-state index in [1.54, 1.807) is 11.3 Å².